The number of piperidine rings is 1. The van der Waals surface area contributed by atoms with Gasteiger partial charge in [0.2, 0.25) is 5.88 Å². The van der Waals surface area contributed by atoms with Crippen LogP contribution in [-0.4, -0.2) is 54.7 Å². The predicted octanol–water partition coefficient (Wildman–Crippen LogP) is 3.03. The molecule has 0 radical (unpaired) electrons. The van der Waals surface area contributed by atoms with Crippen LogP contribution >= 0.6 is 24.0 Å². The van der Waals surface area contributed by atoms with Gasteiger partial charge in [0.05, 0.1) is 6.61 Å². The van der Waals surface area contributed by atoms with Crippen molar-refractivity contribution in [3.63, 3.8) is 0 Å². The molecule has 0 atom stereocenters. The van der Waals surface area contributed by atoms with Crippen molar-refractivity contribution in [1.82, 2.24) is 20.5 Å². The van der Waals surface area contributed by atoms with Crippen LogP contribution in [0.1, 0.15) is 45.6 Å². The Bertz CT molecular complexity index is 559. The second kappa shape index (κ2) is 11.6. The third-order valence-electron chi connectivity index (χ3n) is 4.70. The summed E-state index contributed by atoms with van der Waals surface area (Å²) in [4.78, 5) is 11.2. The van der Waals surface area contributed by atoms with Gasteiger partial charge in [-0.15, -0.1) is 24.0 Å². The number of aromatic nitrogens is 1. The summed E-state index contributed by atoms with van der Waals surface area (Å²) in [6.07, 6.45) is 5.72. The molecule has 1 aliphatic heterocycles. The molecule has 6 nitrogen and oxygen atoms in total. The summed E-state index contributed by atoms with van der Waals surface area (Å²) in [7, 11) is 1.80. The summed E-state index contributed by atoms with van der Waals surface area (Å²) in [5.74, 6) is 1.48. The van der Waals surface area contributed by atoms with Crippen LogP contribution in [0.15, 0.2) is 23.3 Å². The lowest BCUT2D eigenvalue weighted by Gasteiger charge is -2.41. The number of aliphatic imine (C=N–C) groups is 1. The number of rotatable bonds is 7. The maximum Gasteiger partial charge on any atom is 0.218 e. The normalized spacial score (nSPS) is 15.9. The topological polar surface area (TPSA) is 61.8 Å². The van der Waals surface area contributed by atoms with E-state index in [9.17, 15) is 0 Å². The summed E-state index contributed by atoms with van der Waals surface area (Å²) in [6, 6.07) is 3.95. The van der Waals surface area contributed by atoms with Crippen molar-refractivity contribution in [2.45, 2.75) is 52.1 Å². The lowest BCUT2D eigenvalue weighted by atomic mass is 9.98. The van der Waals surface area contributed by atoms with Crippen molar-refractivity contribution in [3.8, 4) is 5.88 Å². The molecule has 0 aliphatic carbocycles. The molecule has 7 heteroatoms. The van der Waals surface area contributed by atoms with E-state index in [4.69, 9.17) is 4.74 Å². The lowest BCUT2D eigenvalue weighted by Crippen LogP contribution is -2.54. The molecule has 26 heavy (non-hydrogen) atoms. The molecule has 1 saturated heterocycles. The Morgan fingerprint density at radius 2 is 2.00 bits per heavy atom. The average molecular weight is 475 g/mol. The first-order chi connectivity index (χ1) is 12.1. The van der Waals surface area contributed by atoms with E-state index in [1.54, 1.807) is 13.2 Å². The fourth-order valence-electron chi connectivity index (χ4n) is 3.14. The van der Waals surface area contributed by atoms with E-state index >= 15 is 0 Å². The molecule has 1 aliphatic rings. The Labute approximate surface area is 175 Å². The van der Waals surface area contributed by atoms with Crippen LogP contribution in [0.3, 0.4) is 0 Å². The van der Waals surface area contributed by atoms with E-state index in [1.165, 1.54) is 32.4 Å². The fraction of sp³-hybridized carbons (Fsp3) is 0.684. The average Bonchev–Trinajstić information content (AvgIpc) is 2.64. The van der Waals surface area contributed by atoms with E-state index in [2.05, 4.69) is 39.4 Å². The Morgan fingerprint density at radius 1 is 1.27 bits per heavy atom. The smallest absolute Gasteiger partial charge is 0.218 e. The zero-order valence-electron chi connectivity index (χ0n) is 16.5. The van der Waals surface area contributed by atoms with Crippen LogP contribution < -0.4 is 15.4 Å². The summed E-state index contributed by atoms with van der Waals surface area (Å²) in [6.45, 7) is 11.0. The SMILES string of the molecule is CCOc1ncccc1CNC(=NC)NCC(C)(C)N1CCCCC1.I. The number of likely N-dealkylation sites (tertiary alicyclic amines) is 1. The van der Waals surface area contributed by atoms with Gasteiger partial charge in [-0.3, -0.25) is 9.89 Å². The minimum atomic E-state index is 0. The van der Waals surface area contributed by atoms with Gasteiger partial charge in [-0.1, -0.05) is 12.5 Å². The first-order valence-corrected chi connectivity index (χ1v) is 9.33. The number of ether oxygens (including phenoxy) is 1. The summed E-state index contributed by atoms with van der Waals surface area (Å²) in [5.41, 5.74) is 1.14. The second-order valence-electron chi connectivity index (χ2n) is 7.04. The maximum absolute atomic E-state index is 5.58. The lowest BCUT2D eigenvalue weighted by molar-refractivity contribution is 0.0982. The maximum atomic E-state index is 5.58. The number of hydrogen-bond donors (Lipinski definition) is 2. The molecule has 0 amide bonds. The monoisotopic (exact) mass is 475 g/mol. The highest BCUT2D eigenvalue weighted by atomic mass is 127. The number of halogens is 1. The quantitative estimate of drug-likeness (QED) is 0.361. The Hall–Kier alpha value is -1.09. The van der Waals surface area contributed by atoms with Crippen LogP contribution in [-0.2, 0) is 6.54 Å². The van der Waals surface area contributed by atoms with Gasteiger partial charge in [0.15, 0.2) is 5.96 Å². The van der Waals surface area contributed by atoms with Crippen LogP contribution in [0.4, 0.5) is 0 Å². The molecule has 0 unspecified atom stereocenters. The molecule has 1 aromatic rings. The van der Waals surface area contributed by atoms with E-state index < -0.39 is 0 Å². The third kappa shape index (κ3) is 6.90. The largest absolute Gasteiger partial charge is 0.478 e. The molecule has 0 bridgehead atoms. The zero-order chi connectivity index (χ0) is 18.1. The zero-order valence-corrected chi connectivity index (χ0v) is 18.9. The minimum Gasteiger partial charge on any atom is -0.478 e. The molecule has 148 valence electrons. The summed E-state index contributed by atoms with van der Waals surface area (Å²) in [5, 5.41) is 6.83. The van der Waals surface area contributed by atoms with Crippen molar-refractivity contribution in [1.29, 1.82) is 0 Å². The van der Waals surface area contributed by atoms with E-state index in [0.29, 0.717) is 19.0 Å². The van der Waals surface area contributed by atoms with Gasteiger partial charge in [0, 0.05) is 37.4 Å². The Balaban J connectivity index is 0.00000338. The van der Waals surface area contributed by atoms with Crippen molar-refractivity contribution in [2.75, 3.05) is 33.3 Å². The minimum absolute atomic E-state index is 0. The third-order valence-corrected chi connectivity index (χ3v) is 4.70. The molecule has 2 rings (SSSR count). The molecule has 2 N–H and O–H groups in total. The van der Waals surface area contributed by atoms with Crippen LogP contribution in [0.5, 0.6) is 5.88 Å². The highest BCUT2D eigenvalue weighted by molar-refractivity contribution is 14.0. The van der Waals surface area contributed by atoms with Gasteiger partial charge < -0.3 is 15.4 Å². The van der Waals surface area contributed by atoms with E-state index in [1.807, 2.05) is 19.1 Å². The van der Waals surface area contributed by atoms with Crippen molar-refractivity contribution in [2.24, 2.45) is 4.99 Å². The molecule has 1 fully saturated rings. The van der Waals surface area contributed by atoms with Gasteiger partial charge in [-0.25, -0.2) is 4.98 Å². The highest BCUT2D eigenvalue weighted by Crippen LogP contribution is 2.19. The van der Waals surface area contributed by atoms with Crippen molar-refractivity contribution >= 4 is 29.9 Å². The van der Waals surface area contributed by atoms with Gasteiger partial charge in [-0.2, -0.15) is 0 Å². The van der Waals surface area contributed by atoms with Gasteiger partial charge in [0.25, 0.3) is 0 Å². The van der Waals surface area contributed by atoms with Crippen LogP contribution in [0.2, 0.25) is 0 Å². The first kappa shape index (κ1) is 23.0. The van der Waals surface area contributed by atoms with Crippen molar-refractivity contribution in [3.05, 3.63) is 23.9 Å². The second-order valence-corrected chi connectivity index (χ2v) is 7.04. The molecule has 0 spiro atoms. The van der Waals surface area contributed by atoms with Gasteiger partial charge >= 0.3 is 0 Å². The number of hydrogen-bond acceptors (Lipinski definition) is 4. The molecule has 2 heterocycles. The van der Waals surface area contributed by atoms with Crippen LogP contribution in [0, 0.1) is 0 Å². The standard InChI is InChI=1S/C19H33N5O.HI/c1-5-25-17-16(10-9-11-21-17)14-22-18(20-4)23-15-19(2,3)24-12-7-6-8-13-24;/h9-11H,5-8,12-15H2,1-4H3,(H2,20,22,23);1H. The number of pyridine rings is 1. The highest BCUT2D eigenvalue weighted by Gasteiger charge is 2.27. The number of nitrogens with one attached hydrogen (secondary N) is 2. The van der Waals surface area contributed by atoms with E-state index in [0.717, 1.165) is 18.1 Å². The fourth-order valence-corrected chi connectivity index (χ4v) is 3.14. The molecular formula is C19H34IN5O. The van der Waals surface area contributed by atoms with Crippen LogP contribution in [0.25, 0.3) is 0 Å². The summed E-state index contributed by atoms with van der Waals surface area (Å²) >= 11 is 0. The predicted molar refractivity (Wildman–Crippen MR) is 119 cm³/mol. The van der Waals surface area contributed by atoms with Crippen molar-refractivity contribution < 1.29 is 4.74 Å². The Kier molecular flexibility index (Phi) is 10.2. The first-order valence-electron chi connectivity index (χ1n) is 9.33. The molecule has 0 aromatic carbocycles. The number of guanidine groups is 1. The number of nitrogens with zero attached hydrogens (tertiary/aromatic N) is 3. The molecule has 0 saturated carbocycles. The molecule has 1 aromatic heterocycles. The molecular weight excluding hydrogens is 441 g/mol. The Morgan fingerprint density at radius 3 is 2.65 bits per heavy atom. The van der Waals surface area contributed by atoms with Gasteiger partial charge in [-0.05, 0) is 52.8 Å². The summed E-state index contributed by atoms with van der Waals surface area (Å²) < 4.78 is 5.58. The van der Waals surface area contributed by atoms with E-state index in [-0.39, 0.29) is 29.5 Å². The van der Waals surface area contributed by atoms with Gasteiger partial charge in [0.1, 0.15) is 0 Å².